The van der Waals surface area contributed by atoms with Gasteiger partial charge in [0, 0.05) is 24.5 Å². The minimum absolute atomic E-state index is 0.608. The maximum atomic E-state index is 5.39. The fourth-order valence-electron chi connectivity index (χ4n) is 2.04. The van der Waals surface area contributed by atoms with Crippen LogP contribution in [0.3, 0.4) is 0 Å². The fourth-order valence-corrected chi connectivity index (χ4v) is 2.78. The van der Waals surface area contributed by atoms with Crippen molar-refractivity contribution in [3.8, 4) is 0 Å². The van der Waals surface area contributed by atoms with E-state index in [1.165, 1.54) is 25.8 Å². The average Bonchev–Trinajstić information content (AvgIpc) is 2.69. The molecular formula is C10H18BrNO. The van der Waals surface area contributed by atoms with Gasteiger partial charge < -0.3 is 9.64 Å². The smallest absolute Gasteiger partial charge is 0.0622 e. The van der Waals surface area contributed by atoms with Crippen LogP contribution in [0.1, 0.15) is 19.3 Å². The molecule has 2 aliphatic rings. The lowest BCUT2D eigenvalue weighted by Gasteiger charge is -2.26. The van der Waals surface area contributed by atoms with E-state index in [-0.39, 0.29) is 0 Å². The Morgan fingerprint density at radius 2 is 2.31 bits per heavy atom. The van der Waals surface area contributed by atoms with Crippen molar-refractivity contribution in [3.05, 3.63) is 0 Å². The maximum Gasteiger partial charge on any atom is 0.0622 e. The van der Waals surface area contributed by atoms with E-state index in [1.54, 1.807) is 0 Å². The van der Waals surface area contributed by atoms with Crippen LogP contribution >= 0.6 is 15.9 Å². The van der Waals surface area contributed by atoms with E-state index in [1.807, 2.05) is 0 Å². The van der Waals surface area contributed by atoms with Gasteiger partial charge in [-0.05, 0) is 31.7 Å². The summed E-state index contributed by atoms with van der Waals surface area (Å²) in [5.41, 5.74) is 0.608. The fraction of sp³-hybridized carbons (Fsp3) is 1.00. The van der Waals surface area contributed by atoms with E-state index >= 15 is 0 Å². The summed E-state index contributed by atoms with van der Waals surface area (Å²) in [6.45, 7) is 3.14. The van der Waals surface area contributed by atoms with Crippen molar-refractivity contribution < 1.29 is 4.74 Å². The maximum absolute atomic E-state index is 5.39. The summed E-state index contributed by atoms with van der Waals surface area (Å²) in [6, 6.07) is 0.677. The first-order valence-corrected chi connectivity index (χ1v) is 6.22. The van der Waals surface area contributed by atoms with Gasteiger partial charge in [0.05, 0.1) is 6.61 Å². The monoisotopic (exact) mass is 247 g/mol. The van der Waals surface area contributed by atoms with Gasteiger partial charge in [-0.25, -0.2) is 0 Å². The molecule has 1 saturated heterocycles. The molecule has 2 rings (SSSR count). The Bertz CT molecular complexity index is 176. The van der Waals surface area contributed by atoms with Crippen molar-refractivity contribution >= 4 is 15.9 Å². The number of hydrogen-bond acceptors (Lipinski definition) is 2. The normalized spacial score (nSPS) is 31.2. The summed E-state index contributed by atoms with van der Waals surface area (Å²) in [6.07, 6.45) is 4.02. The van der Waals surface area contributed by atoms with Gasteiger partial charge in [-0.3, -0.25) is 0 Å². The molecule has 0 aromatic rings. The molecule has 0 radical (unpaired) electrons. The molecule has 1 aliphatic carbocycles. The van der Waals surface area contributed by atoms with Crippen molar-refractivity contribution in [1.29, 1.82) is 0 Å². The number of ether oxygens (including phenoxy) is 1. The Balaban J connectivity index is 1.80. The minimum Gasteiger partial charge on any atom is -0.380 e. The van der Waals surface area contributed by atoms with Crippen LogP contribution in [0.25, 0.3) is 0 Å². The highest BCUT2D eigenvalue weighted by molar-refractivity contribution is 9.09. The van der Waals surface area contributed by atoms with Gasteiger partial charge in [0.1, 0.15) is 0 Å². The molecule has 0 aromatic heterocycles. The number of nitrogens with zero attached hydrogens (tertiary/aromatic N) is 1. The quantitative estimate of drug-likeness (QED) is 0.704. The van der Waals surface area contributed by atoms with Crippen LogP contribution < -0.4 is 0 Å². The summed E-state index contributed by atoms with van der Waals surface area (Å²) in [5.74, 6) is 0. The molecule has 0 spiro atoms. The van der Waals surface area contributed by atoms with Crippen LogP contribution in [0.2, 0.25) is 0 Å². The standard InChI is InChI=1S/C10H18BrNO/c1-12(9-2-5-13-6-9)8-10(7-11)3-4-10/h9H,2-8H2,1H3. The first-order chi connectivity index (χ1) is 6.26. The Morgan fingerprint density at radius 3 is 2.77 bits per heavy atom. The summed E-state index contributed by atoms with van der Waals surface area (Å²) in [7, 11) is 2.24. The number of likely N-dealkylation sites (N-methyl/N-ethyl adjacent to an activating group) is 1. The number of hydrogen-bond donors (Lipinski definition) is 0. The number of alkyl halides is 1. The minimum atomic E-state index is 0.608. The molecule has 1 atom stereocenters. The van der Waals surface area contributed by atoms with Gasteiger partial charge in [-0.1, -0.05) is 15.9 Å². The molecular weight excluding hydrogens is 230 g/mol. The van der Waals surface area contributed by atoms with Gasteiger partial charge in [0.15, 0.2) is 0 Å². The highest BCUT2D eigenvalue weighted by Crippen LogP contribution is 2.47. The van der Waals surface area contributed by atoms with Crippen molar-refractivity contribution in [2.75, 3.05) is 32.1 Å². The second-order valence-electron chi connectivity index (χ2n) is 4.57. The number of rotatable bonds is 4. The van der Waals surface area contributed by atoms with Gasteiger partial charge in [0.2, 0.25) is 0 Å². The van der Waals surface area contributed by atoms with E-state index < -0.39 is 0 Å². The van der Waals surface area contributed by atoms with Crippen LogP contribution in [0.15, 0.2) is 0 Å². The molecule has 2 nitrogen and oxygen atoms in total. The topological polar surface area (TPSA) is 12.5 Å². The Hall–Kier alpha value is 0.400. The lowest BCUT2D eigenvalue weighted by atomic mass is 10.1. The molecule has 0 aromatic carbocycles. The van der Waals surface area contributed by atoms with Crippen molar-refractivity contribution in [1.82, 2.24) is 4.90 Å². The summed E-state index contributed by atoms with van der Waals surface area (Å²) in [4.78, 5) is 2.49. The predicted molar refractivity (Wildman–Crippen MR) is 57.3 cm³/mol. The molecule has 0 bridgehead atoms. The molecule has 1 aliphatic heterocycles. The largest absolute Gasteiger partial charge is 0.380 e. The molecule has 2 fully saturated rings. The van der Waals surface area contributed by atoms with E-state index in [4.69, 9.17) is 4.74 Å². The molecule has 1 saturated carbocycles. The summed E-state index contributed by atoms with van der Waals surface area (Å²) in [5, 5.41) is 1.16. The third-order valence-corrected chi connectivity index (χ3v) is 4.54. The van der Waals surface area contributed by atoms with E-state index in [0.717, 1.165) is 18.5 Å². The highest BCUT2D eigenvalue weighted by Gasteiger charge is 2.43. The Kier molecular flexibility index (Phi) is 2.96. The van der Waals surface area contributed by atoms with Gasteiger partial charge in [-0.2, -0.15) is 0 Å². The zero-order valence-electron chi connectivity index (χ0n) is 8.26. The highest BCUT2D eigenvalue weighted by atomic mass is 79.9. The zero-order valence-corrected chi connectivity index (χ0v) is 9.85. The van der Waals surface area contributed by atoms with Crippen LogP contribution in [0, 0.1) is 5.41 Å². The molecule has 3 heteroatoms. The van der Waals surface area contributed by atoms with Gasteiger partial charge in [-0.15, -0.1) is 0 Å². The van der Waals surface area contributed by atoms with Crippen molar-refractivity contribution in [2.24, 2.45) is 5.41 Å². The van der Waals surface area contributed by atoms with E-state index in [0.29, 0.717) is 11.5 Å². The lowest BCUT2D eigenvalue weighted by molar-refractivity contribution is 0.149. The van der Waals surface area contributed by atoms with Crippen LogP contribution in [0.4, 0.5) is 0 Å². The zero-order chi connectivity index (χ0) is 9.31. The lowest BCUT2D eigenvalue weighted by Crippen LogP contribution is -2.37. The molecule has 76 valence electrons. The van der Waals surface area contributed by atoms with Crippen LogP contribution in [-0.2, 0) is 4.74 Å². The molecule has 0 N–H and O–H groups in total. The van der Waals surface area contributed by atoms with Crippen molar-refractivity contribution in [3.63, 3.8) is 0 Å². The first-order valence-electron chi connectivity index (χ1n) is 5.10. The van der Waals surface area contributed by atoms with Crippen LogP contribution in [-0.4, -0.2) is 43.1 Å². The second kappa shape index (κ2) is 3.87. The van der Waals surface area contributed by atoms with Crippen LogP contribution in [0.5, 0.6) is 0 Å². The molecule has 1 unspecified atom stereocenters. The molecule has 0 amide bonds. The van der Waals surface area contributed by atoms with Crippen molar-refractivity contribution in [2.45, 2.75) is 25.3 Å². The average molecular weight is 248 g/mol. The summed E-state index contributed by atoms with van der Waals surface area (Å²) >= 11 is 3.61. The molecule has 13 heavy (non-hydrogen) atoms. The SMILES string of the molecule is CN(CC1(CBr)CC1)C1CCOC1. The van der Waals surface area contributed by atoms with E-state index in [9.17, 15) is 0 Å². The third-order valence-electron chi connectivity index (χ3n) is 3.35. The Morgan fingerprint density at radius 1 is 1.54 bits per heavy atom. The molecule has 1 heterocycles. The number of halogens is 1. The second-order valence-corrected chi connectivity index (χ2v) is 5.13. The predicted octanol–water partition coefficient (Wildman–Crippen LogP) is 1.88. The Labute approximate surface area is 88.8 Å². The third kappa shape index (κ3) is 2.25. The van der Waals surface area contributed by atoms with E-state index in [2.05, 4.69) is 27.9 Å². The first kappa shape index (κ1) is 9.94. The van der Waals surface area contributed by atoms with Gasteiger partial charge >= 0.3 is 0 Å². The van der Waals surface area contributed by atoms with Gasteiger partial charge in [0.25, 0.3) is 0 Å². The summed E-state index contributed by atoms with van der Waals surface area (Å²) < 4.78 is 5.39.